The molecular weight excluding hydrogens is 152 g/mol. The van der Waals surface area contributed by atoms with Crippen molar-refractivity contribution in [3.63, 3.8) is 0 Å². The summed E-state index contributed by atoms with van der Waals surface area (Å²) in [5.74, 6) is 0. The van der Waals surface area contributed by atoms with Crippen molar-refractivity contribution in [2.24, 2.45) is 5.73 Å². The molecule has 0 spiro atoms. The Hall–Kier alpha value is -0.900. The highest BCUT2D eigenvalue weighted by molar-refractivity contribution is 5.18. The van der Waals surface area contributed by atoms with Gasteiger partial charge in [0.2, 0.25) is 0 Å². The molecule has 1 aromatic carbocycles. The molecule has 3 heteroatoms. The average molecular weight is 166 g/mol. The van der Waals surface area contributed by atoms with Crippen molar-refractivity contribution in [2.45, 2.75) is 6.04 Å². The Morgan fingerprint density at radius 3 is 2.58 bits per heavy atom. The van der Waals surface area contributed by atoms with Crippen molar-refractivity contribution >= 4 is 0 Å². The van der Waals surface area contributed by atoms with Gasteiger partial charge in [-0.1, -0.05) is 30.3 Å². The van der Waals surface area contributed by atoms with Crippen LogP contribution in [0.2, 0.25) is 0 Å². The summed E-state index contributed by atoms with van der Waals surface area (Å²) >= 11 is 0. The third-order valence-electron chi connectivity index (χ3n) is 1.70. The molecule has 0 aliphatic heterocycles. The fourth-order valence-corrected chi connectivity index (χ4v) is 1.08. The van der Waals surface area contributed by atoms with E-state index in [9.17, 15) is 0 Å². The first-order chi connectivity index (χ1) is 5.88. The van der Waals surface area contributed by atoms with Crippen LogP contribution in [0, 0.1) is 0 Å². The summed E-state index contributed by atoms with van der Waals surface area (Å²) < 4.78 is 0. The second kappa shape index (κ2) is 4.87. The molecule has 0 saturated carbocycles. The second-order valence-corrected chi connectivity index (χ2v) is 2.52. The van der Waals surface area contributed by atoms with E-state index in [4.69, 9.17) is 10.6 Å². The van der Waals surface area contributed by atoms with Crippen molar-refractivity contribution in [3.8, 4) is 0 Å². The lowest BCUT2D eigenvalue weighted by Gasteiger charge is -2.14. The largest absolute Gasteiger partial charge is 0.329 e. The van der Waals surface area contributed by atoms with Crippen molar-refractivity contribution < 1.29 is 4.84 Å². The van der Waals surface area contributed by atoms with Gasteiger partial charge >= 0.3 is 0 Å². The Bertz CT molecular complexity index is 213. The maximum absolute atomic E-state index is 5.55. The fraction of sp³-hybridized carbons (Fsp3) is 0.333. The van der Waals surface area contributed by atoms with Crippen molar-refractivity contribution in [3.05, 3.63) is 35.9 Å². The number of hydroxylamine groups is 1. The molecule has 1 rings (SSSR count). The number of hydrogen-bond acceptors (Lipinski definition) is 3. The molecule has 1 unspecified atom stereocenters. The number of rotatable bonds is 4. The van der Waals surface area contributed by atoms with Gasteiger partial charge in [-0.05, 0) is 5.56 Å². The quantitative estimate of drug-likeness (QED) is 0.651. The fourth-order valence-electron chi connectivity index (χ4n) is 1.08. The molecule has 0 amide bonds. The zero-order valence-electron chi connectivity index (χ0n) is 7.16. The Morgan fingerprint density at radius 2 is 2.08 bits per heavy atom. The van der Waals surface area contributed by atoms with Crippen LogP contribution in [-0.2, 0) is 4.84 Å². The second-order valence-electron chi connectivity index (χ2n) is 2.52. The molecule has 0 saturated heterocycles. The maximum Gasteiger partial charge on any atom is 0.0693 e. The highest BCUT2D eigenvalue weighted by Crippen LogP contribution is 2.09. The van der Waals surface area contributed by atoms with E-state index in [1.165, 1.54) is 0 Å². The number of benzene rings is 1. The number of hydrogen-bond donors (Lipinski definition) is 2. The molecule has 0 aromatic heterocycles. The SMILES string of the molecule is CONC(CN)c1ccccc1. The van der Waals surface area contributed by atoms with Crippen LogP contribution in [0.5, 0.6) is 0 Å². The topological polar surface area (TPSA) is 47.3 Å². The summed E-state index contributed by atoms with van der Waals surface area (Å²) in [4.78, 5) is 4.82. The van der Waals surface area contributed by atoms with Crippen LogP contribution in [0.1, 0.15) is 11.6 Å². The molecule has 1 aromatic rings. The molecular formula is C9H14N2O. The summed E-state index contributed by atoms with van der Waals surface area (Å²) in [6, 6.07) is 10.1. The van der Waals surface area contributed by atoms with E-state index in [1.54, 1.807) is 7.11 Å². The number of nitrogens with one attached hydrogen (secondary N) is 1. The van der Waals surface area contributed by atoms with Crippen LogP contribution in [0.15, 0.2) is 30.3 Å². The van der Waals surface area contributed by atoms with E-state index < -0.39 is 0 Å². The summed E-state index contributed by atoms with van der Waals surface area (Å²) in [5.41, 5.74) is 9.51. The first-order valence-electron chi connectivity index (χ1n) is 3.92. The Balaban J connectivity index is 2.66. The molecule has 3 N–H and O–H groups in total. The van der Waals surface area contributed by atoms with Crippen LogP contribution < -0.4 is 11.2 Å². The third-order valence-corrected chi connectivity index (χ3v) is 1.70. The zero-order valence-corrected chi connectivity index (χ0v) is 7.16. The molecule has 0 radical (unpaired) electrons. The van der Waals surface area contributed by atoms with Crippen LogP contribution in [0.3, 0.4) is 0 Å². The van der Waals surface area contributed by atoms with Gasteiger partial charge in [0.1, 0.15) is 0 Å². The van der Waals surface area contributed by atoms with E-state index in [1.807, 2.05) is 30.3 Å². The molecule has 1 atom stereocenters. The zero-order chi connectivity index (χ0) is 8.81. The van der Waals surface area contributed by atoms with Crippen LogP contribution in [0.4, 0.5) is 0 Å². The highest BCUT2D eigenvalue weighted by atomic mass is 16.6. The first kappa shape index (κ1) is 9.19. The van der Waals surface area contributed by atoms with Gasteiger partial charge < -0.3 is 10.6 Å². The van der Waals surface area contributed by atoms with Crippen molar-refractivity contribution in [2.75, 3.05) is 13.7 Å². The monoisotopic (exact) mass is 166 g/mol. The van der Waals surface area contributed by atoms with E-state index in [-0.39, 0.29) is 6.04 Å². The maximum atomic E-state index is 5.55. The lowest BCUT2D eigenvalue weighted by Crippen LogP contribution is -2.27. The Kier molecular flexibility index (Phi) is 3.73. The minimum absolute atomic E-state index is 0.0798. The Labute approximate surface area is 72.5 Å². The van der Waals surface area contributed by atoms with Gasteiger partial charge in [0.25, 0.3) is 0 Å². The van der Waals surface area contributed by atoms with Gasteiger partial charge in [0, 0.05) is 6.54 Å². The standard InChI is InChI=1S/C9H14N2O/c1-12-11-9(7-10)8-5-3-2-4-6-8/h2-6,9,11H,7,10H2,1H3. The molecule has 0 bridgehead atoms. The van der Waals surface area contributed by atoms with Gasteiger partial charge in [-0.3, -0.25) is 0 Å². The van der Waals surface area contributed by atoms with Gasteiger partial charge in [0.05, 0.1) is 13.2 Å². The van der Waals surface area contributed by atoms with Crippen LogP contribution in [-0.4, -0.2) is 13.7 Å². The molecule has 12 heavy (non-hydrogen) atoms. The Morgan fingerprint density at radius 1 is 1.42 bits per heavy atom. The summed E-state index contributed by atoms with van der Waals surface area (Å²) in [5, 5.41) is 0. The minimum atomic E-state index is 0.0798. The molecule has 0 aliphatic rings. The van der Waals surface area contributed by atoms with Crippen molar-refractivity contribution in [1.29, 1.82) is 0 Å². The average Bonchev–Trinajstić information content (AvgIpc) is 2.15. The summed E-state index contributed by atoms with van der Waals surface area (Å²) in [6.07, 6.45) is 0. The number of nitrogens with two attached hydrogens (primary N) is 1. The molecule has 66 valence electrons. The lowest BCUT2D eigenvalue weighted by atomic mass is 10.1. The molecule has 0 heterocycles. The molecule has 3 nitrogen and oxygen atoms in total. The van der Waals surface area contributed by atoms with E-state index >= 15 is 0 Å². The van der Waals surface area contributed by atoms with Gasteiger partial charge in [-0.25, -0.2) is 0 Å². The molecule has 0 fully saturated rings. The smallest absolute Gasteiger partial charge is 0.0693 e. The predicted octanol–water partition coefficient (Wildman–Crippen LogP) is 0.837. The lowest BCUT2D eigenvalue weighted by molar-refractivity contribution is 0.0629. The van der Waals surface area contributed by atoms with Crippen LogP contribution in [0.25, 0.3) is 0 Å². The third kappa shape index (κ3) is 2.30. The highest BCUT2D eigenvalue weighted by Gasteiger charge is 2.06. The van der Waals surface area contributed by atoms with Crippen molar-refractivity contribution in [1.82, 2.24) is 5.48 Å². The predicted molar refractivity (Wildman–Crippen MR) is 48.4 cm³/mol. The minimum Gasteiger partial charge on any atom is -0.329 e. The van der Waals surface area contributed by atoms with E-state index in [2.05, 4.69) is 5.48 Å². The first-order valence-corrected chi connectivity index (χ1v) is 3.92. The summed E-state index contributed by atoms with van der Waals surface area (Å²) in [6.45, 7) is 0.526. The molecule has 0 aliphatic carbocycles. The normalized spacial score (nSPS) is 12.8. The van der Waals surface area contributed by atoms with Gasteiger partial charge in [0.15, 0.2) is 0 Å². The van der Waals surface area contributed by atoms with Crippen LogP contribution >= 0.6 is 0 Å². The van der Waals surface area contributed by atoms with E-state index in [0.717, 1.165) is 5.56 Å². The van der Waals surface area contributed by atoms with Gasteiger partial charge in [-0.2, -0.15) is 5.48 Å². The summed E-state index contributed by atoms with van der Waals surface area (Å²) in [7, 11) is 1.59. The van der Waals surface area contributed by atoms with Gasteiger partial charge in [-0.15, -0.1) is 0 Å². The van der Waals surface area contributed by atoms with E-state index in [0.29, 0.717) is 6.54 Å².